The van der Waals surface area contributed by atoms with Crippen molar-refractivity contribution < 1.29 is 28.7 Å². The maximum Gasteiger partial charge on any atom is 0.405 e. The van der Waals surface area contributed by atoms with Gasteiger partial charge in [-0.05, 0) is 39.3 Å². The highest BCUT2D eigenvalue weighted by molar-refractivity contribution is 5.85. The predicted molar refractivity (Wildman–Crippen MR) is 204 cm³/mol. The van der Waals surface area contributed by atoms with E-state index < -0.39 is 48.3 Å². The number of benzene rings is 2. The van der Waals surface area contributed by atoms with Crippen LogP contribution in [-0.2, 0) is 19.1 Å². The molecular formula is C38H42N12O6. The van der Waals surface area contributed by atoms with Gasteiger partial charge >= 0.3 is 12.2 Å². The van der Waals surface area contributed by atoms with E-state index in [1.165, 1.54) is 0 Å². The summed E-state index contributed by atoms with van der Waals surface area (Å²) in [6.07, 6.45) is 6.04. The Kier molecular flexibility index (Phi) is 11.6. The summed E-state index contributed by atoms with van der Waals surface area (Å²) < 4.78 is 10.2. The average Bonchev–Trinajstić information content (AvgIpc) is 3.89. The Morgan fingerprint density at radius 2 is 1.23 bits per heavy atom. The second-order valence-corrected chi connectivity index (χ2v) is 13.1. The number of nitrogens with zero attached hydrogens (tertiary/aromatic N) is 6. The molecule has 2 aliphatic rings. The van der Waals surface area contributed by atoms with Gasteiger partial charge in [0.15, 0.2) is 0 Å². The van der Waals surface area contributed by atoms with Crippen LogP contribution in [0.25, 0.3) is 0 Å². The molecule has 8 N–H and O–H groups in total. The van der Waals surface area contributed by atoms with E-state index in [1.807, 2.05) is 19.9 Å². The van der Waals surface area contributed by atoms with Crippen molar-refractivity contribution >= 4 is 36.4 Å². The number of ether oxygens (including phenoxy) is 2. The van der Waals surface area contributed by atoms with Crippen molar-refractivity contribution in [2.75, 3.05) is 0 Å². The first-order valence-corrected chi connectivity index (χ1v) is 17.6. The summed E-state index contributed by atoms with van der Waals surface area (Å²) in [5, 5.41) is 18.2. The number of carbonyl (C=O) groups is 4. The molecule has 6 rings (SSSR count). The van der Waals surface area contributed by atoms with E-state index in [2.05, 4.69) is 40.8 Å². The Hall–Kier alpha value is -7.24. The molecule has 56 heavy (non-hydrogen) atoms. The Morgan fingerprint density at radius 3 is 1.71 bits per heavy atom. The fourth-order valence-electron chi connectivity index (χ4n) is 6.14. The second-order valence-electron chi connectivity index (χ2n) is 13.1. The van der Waals surface area contributed by atoms with Crippen LogP contribution in [0.3, 0.4) is 0 Å². The van der Waals surface area contributed by atoms with Crippen LogP contribution in [0.2, 0.25) is 0 Å². The minimum absolute atomic E-state index is 0.229. The number of carbonyl (C=O) groups excluding carboxylic acids is 4. The Morgan fingerprint density at radius 1 is 0.732 bits per heavy atom. The molecule has 0 radical (unpaired) electrons. The number of hydrogen-bond donors (Lipinski definition) is 6. The summed E-state index contributed by atoms with van der Waals surface area (Å²) >= 11 is 0. The van der Waals surface area contributed by atoms with Gasteiger partial charge in [-0.3, -0.25) is 9.59 Å². The number of nitrogens with one attached hydrogen (secondary N) is 4. The van der Waals surface area contributed by atoms with Gasteiger partial charge in [-0.25, -0.2) is 19.6 Å². The number of hydrazone groups is 2. The molecule has 4 amide bonds. The van der Waals surface area contributed by atoms with Crippen LogP contribution < -0.4 is 22.1 Å². The molecule has 18 heteroatoms. The zero-order valence-electron chi connectivity index (χ0n) is 31.0. The van der Waals surface area contributed by atoms with Gasteiger partial charge in [-0.2, -0.15) is 20.4 Å². The molecule has 4 unspecified atom stereocenters. The van der Waals surface area contributed by atoms with E-state index in [-0.39, 0.29) is 11.8 Å². The van der Waals surface area contributed by atoms with Crippen molar-refractivity contribution in [1.82, 2.24) is 40.8 Å². The number of nitrogens with two attached hydrogens (primary N) is 2. The van der Waals surface area contributed by atoms with Crippen molar-refractivity contribution in [2.45, 2.75) is 63.8 Å². The van der Waals surface area contributed by atoms with E-state index in [4.69, 9.17) is 20.9 Å². The van der Waals surface area contributed by atoms with Crippen LogP contribution in [0.15, 0.2) is 107 Å². The van der Waals surface area contributed by atoms with Crippen molar-refractivity contribution in [1.29, 1.82) is 0 Å². The molecule has 4 heterocycles. The smallest absolute Gasteiger partial charge is 0.405 e. The number of amides is 4. The monoisotopic (exact) mass is 762 g/mol. The minimum Gasteiger partial charge on any atom is -0.431 e. The van der Waals surface area contributed by atoms with Gasteiger partial charge in [-0.15, -0.1) is 0 Å². The van der Waals surface area contributed by atoms with Crippen LogP contribution in [0.5, 0.6) is 0 Å². The van der Waals surface area contributed by atoms with Gasteiger partial charge < -0.3 is 41.5 Å². The fourth-order valence-corrected chi connectivity index (χ4v) is 6.14. The topological polar surface area (TPSA) is 251 Å². The van der Waals surface area contributed by atoms with Crippen LogP contribution in [0.1, 0.15) is 98.0 Å². The number of aromatic amines is 2. The number of H-pyrrole nitrogens is 2. The quantitative estimate of drug-likeness (QED) is 0.112. The summed E-state index contributed by atoms with van der Waals surface area (Å²) in [5.41, 5.74) is 14.8. The number of imidazole rings is 2. The zero-order chi connectivity index (χ0) is 39.9. The summed E-state index contributed by atoms with van der Waals surface area (Å²) in [5.74, 6) is -0.562. The molecule has 0 saturated carbocycles. The number of hydrazine groups is 1. The van der Waals surface area contributed by atoms with Crippen LogP contribution in [0, 0.1) is 0 Å². The number of primary amides is 2. The van der Waals surface area contributed by atoms with Crippen molar-refractivity contribution in [3.8, 4) is 0 Å². The SMILES string of the molecule is CC1=C(C)N(N2C=CC(c3cnc(C(C)NC(=O)[C@@H](OC(N)=O)c4ccccc4)[nH]3)C=N2)N=CC1c1cnc(C(C)NC(=O)[C@@H](OC(N)=O)c2ccccc2)[nH]1. The van der Waals surface area contributed by atoms with Gasteiger partial charge in [-0.1, -0.05) is 60.7 Å². The van der Waals surface area contributed by atoms with Crippen molar-refractivity contribution in [3.63, 3.8) is 0 Å². The molecule has 290 valence electrons. The van der Waals surface area contributed by atoms with Gasteiger partial charge in [0, 0.05) is 53.5 Å². The molecule has 0 saturated heterocycles. The molecular weight excluding hydrogens is 720 g/mol. The molecule has 2 aliphatic heterocycles. The third kappa shape index (κ3) is 8.75. The molecule has 0 spiro atoms. The highest BCUT2D eigenvalue weighted by Gasteiger charge is 2.30. The van der Waals surface area contributed by atoms with Gasteiger partial charge in [0.25, 0.3) is 11.8 Å². The van der Waals surface area contributed by atoms with Crippen molar-refractivity contribution in [3.05, 3.63) is 131 Å². The third-order valence-corrected chi connectivity index (χ3v) is 9.24. The molecule has 2 aromatic carbocycles. The highest BCUT2D eigenvalue weighted by Crippen LogP contribution is 2.32. The largest absolute Gasteiger partial charge is 0.431 e. The van der Waals surface area contributed by atoms with E-state index in [0.717, 1.165) is 22.7 Å². The molecule has 0 fully saturated rings. The highest BCUT2D eigenvalue weighted by atomic mass is 16.6. The molecule has 4 aromatic rings. The Bertz CT molecular complexity index is 2170. The van der Waals surface area contributed by atoms with Crippen LogP contribution in [-0.4, -0.2) is 66.6 Å². The first-order chi connectivity index (χ1) is 26.9. The average molecular weight is 763 g/mol. The van der Waals surface area contributed by atoms with E-state index in [1.54, 1.807) is 116 Å². The van der Waals surface area contributed by atoms with Crippen molar-refractivity contribution in [2.24, 2.45) is 21.7 Å². The molecule has 0 bridgehead atoms. The lowest BCUT2D eigenvalue weighted by Crippen LogP contribution is -2.35. The maximum atomic E-state index is 13.1. The zero-order valence-corrected chi connectivity index (χ0v) is 31.0. The number of rotatable bonds is 13. The number of hydrogen-bond acceptors (Lipinski definition) is 12. The first-order valence-electron chi connectivity index (χ1n) is 17.6. The van der Waals surface area contributed by atoms with E-state index in [0.29, 0.717) is 22.8 Å². The summed E-state index contributed by atoms with van der Waals surface area (Å²) in [4.78, 5) is 64.8. The molecule has 2 aromatic heterocycles. The fraction of sp³-hybridized carbons (Fsp3) is 0.263. The van der Waals surface area contributed by atoms with Gasteiger partial charge in [0.1, 0.15) is 11.6 Å². The second kappa shape index (κ2) is 16.8. The maximum absolute atomic E-state index is 13.1. The molecule has 18 nitrogen and oxygen atoms in total. The normalized spacial score (nSPS) is 18.5. The predicted octanol–water partition coefficient (Wildman–Crippen LogP) is 4.35. The van der Waals surface area contributed by atoms with E-state index in [9.17, 15) is 19.2 Å². The number of aromatic nitrogens is 4. The summed E-state index contributed by atoms with van der Waals surface area (Å²) in [6, 6.07) is 16.1. The number of allylic oxidation sites excluding steroid dienone is 3. The lowest BCUT2D eigenvalue weighted by atomic mass is 9.96. The van der Waals surface area contributed by atoms with Crippen LogP contribution in [0.4, 0.5) is 9.59 Å². The third-order valence-electron chi connectivity index (χ3n) is 9.24. The standard InChI is InChI=1S/C38H42N12O6/c1-21-24(4)50(44-18-28(21)30-20-42-34(48-30)23(3)46-36(52)32(56-38(40)54)26-13-9-6-10-14-26)49-16-15-27(17-43-49)29-19-41-33(47-29)22(2)45-35(51)31(55-37(39)53)25-11-7-5-8-12-25/h5-20,22-23,27-28,31-32H,1-4H3,(H2,39,53)(H2,40,54)(H,41,47)(H,42,48)(H,45,51)(H,46,52)/t22?,23?,27?,28?,31-,32-/m0/s1. The Balaban J connectivity index is 1.05. The minimum atomic E-state index is -1.22. The first kappa shape index (κ1) is 38.5. The molecule has 6 atom stereocenters. The lowest BCUT2D eigenvalue weighted by Gasteiger charge is -2.34. The lowest BCUT2D eigenvalue weighted by molar-refractivity contribution is -0.131. The summed E-state index contributed by atoms with van der Waals surface area (Å²) in [6.45, 7) is 7.44. The van der Waals surface area contributed by atoms with Gasteiger partial charge in [0.2, 0.25) is 12.2 Å². The van der Waals surface area contributed by atoms with Crippen LogP contribution >= 0.6 is 0 Å². The Labute approximate surface area is 321 Å². The summed E-state index contributed by atoms with van der Waals surface area (Å²) in [7, 11) is 0. The van der Waals surface area contributed by atoms with Gasteiger partial charge in [0.05, 0.1) is 29.6 Å². The van der Waals surface area contributed by atoms with E-state index >= 15 is 0 Å². The molecule has 0 aliphatic carbocycles.